The Balaban J connectivity index is 2.55. The quantitative estimate of drug-likeness (QED) is 0.867. The van der Waals surface area contributed by atoms with Crippen molar-refractivity contribution < 1.29 is 22.7 Å². The molecule has 1 aromatic rings. The maximum atomic E-state index is 13.5. The number of carbonyl (C=O) groups is 1. The van der Waals surface area contributed by atoms with Gasteiger partial charge in [-0.25, -0.2) is 0 Å². The molecule has 1 aromatic heterocycles. The zero-order valence-corrected chi connectivity index (χ0v) is 12.1. The van der Waals surface area contributed by atoms with Crippen LogP contribution >= 0.6 is 0 Å². The topological polar surface area (TPSA) is 56.2 Å². The highest BCUT2D eigenvalue weighted by Gasteiger charge is 2.62. The standard InChI is InChI=1S/C13H18F3N3O2/c1-8(2)19-10(9(21-3)6-18-19)11(20)12(13(14,15)16)4-5-17-7-12/h6,8,17H,4-5,7H2,1-3H3. The molecule has 0 radical (unpaired) electrons. The summed E-state index contributed by atoms with van der Waals surface area (Å²) in [5.74, 6) is -0.910. The first-order valence-electron chi connectivity index (χ1n) is 6.68. The summed E-state index contributed by atoms with van der Waals surface area (Å²) in [6.45, 7) is 3.23. The van der Waals surface area contributed by atoms with Crippen molar-refractivity contribution in [1.82, 2.24) is 15.1 Å². The van der Waals surface area contributed by atoms with Gasteiger partial charge in [0.2, 0.25) is 5.78 Å². The van der Waals surface area contributed by atoms with Crippen LogP contribution in [0.5, 0.6) is 5.75 Å². The molecule has 2 rings (SSSR count). The second-order valence-electron chi connectivity index (χ2n) is 5.44. The summed E-state index contributed by atoms with van der Waals surface area (Å²) in [4.78, 5) is 12.7. The number of methoxy groups -OCH3 is 1. The van der Waals surface area contributed by atoms with E-state index in [-0.39, 0.29) is 30.5 Å². The second kappa shape index (κ2) is 5.32. The van der Waals surface area contributed by atoms with Gasteiger partial charge in [0.05, 0.1) is 13.3 Å². The Morgan fingerprint density at radius 1 is 1.52 bits per heavy atom. The minimum Gasteiger partial charge on any atom is -0.493 e. The maximum absolute atomic E-state index is 13.5. The summed E-state index contributed by atoms with van der Waals surface area (Å²) in [5.41, 5.74) is -2.53. The molecule has 1 aliphatic rings. The lowest BCUT2D eigenvalue weighted by Crippen LogP contribution is -2.47. The lowest BCUT2D eigenvalue weighted by molar-refractivity contribution is -0.197. The van der Waals surface area contributed by atoms with Crippen LogP contribution in [-0.2, 0) is 0 Å². The highest BCUT2D eigenvalue weighted by molar-refractivity contribution is 6.02. The molecule has 1 saturated heterocycles. The number of hydrogen-bond acceptors (Lipinski definition) is 4. The van der Waals surface area contributed by atoms with Crippen LogP contribution in [0.3, 0.4) is 0 Å². The molecule has 0 spiro atoms. The fraction of sp³-hybridized carbons (Fsp3) is 0.692. The van der Waals surface area contributed by atoms with E-state index >= 15 is 0 Å². The summed E-state index contributed by atoms with van der Waals surface area (Å²) < 4.78 is 46.8. The van der Waals surface area contributed by atoms with Gasteiger partial charge in [0.15, 0.2) is 5.75 Å². The minimum absolute atomic E-state index is 0.0734. The highest BCUT2D eigenvalue weighted by Crippen LogP contribution is 2.46. The van der Waals surface area contributed by atoms with Gasteiger partial charge in [0.1, 0.15) is 11.1 Å². The van der Waals surface area contributed by atoms with Gasteiger partial charge in [-0.05, 0) is 26.8 Å². The number of alkyl halides is 3. The molecule has 0 saturated carbocycles. The fourth-order valence-electron chi connectivity index (χ4n) is 2.59. The SMILES string of the molecule is COc1cnn(C(C)C)c1C(=O)C1(C(F)(F)F)CCNC1. The van der Waals surface area contributed by atoms with Crippen molar-refractivity contribution in [3.05, 3.63) is 11.9 Å². The average molecular weight is 305 g/mol. The number of carbonyl (C=O) groups excluding carboxylic acids is 1. The first kappa shape index (κ1) is 15.8. The van der Waals surface area contributed by atoms with Gasteiger partial charge in [0, 0.05) is 12.6 Å². The molecule has 1 fully saturated rings. The number of ketones is 1. The normalized spacial score (nSPS) is 22.8. The third kappa shape index (κ3) is 2.41. The van der Waals surface area contributed by atoms with Crippen LogP contribution in [0.4, 0.5) is 13.2 Å². The number of nitrogens with one attached hydrogen (secondary N) is 1. The van der Waals surface area contributed by atoms with Crippen LogP contribution in [0, 0.1) is 5.41 Å². The zero-order valence-electron chi connectivity index (χ0n) is 12.1. The molecular weight excluding hydrogens is 287 g/mol. The number of rotatable bonds is 4. The number of halogens is 3. The van der Waals surface area contributed by atoms with Crippen molar-refractivity contribution in [1.29, 1.82) is 0 Å². The van der Waals surface area contributed by atoms with Crippen molar-refractivity contribution in [3.63, 3.8) is 0 Å². The molecular formula is C13H18F3N3O2. The Labute approximate surface area is 120 Å². The van der Waals surface area contributed by atoms with Crippen LogP contribution in [0.15, 0.2) is 6.20 Å². The second-order valence-corrected chi connectivity index (χ2v) is 5.44. The summed E-state index contributed by atoms with van der Waals surface area (Å²) in [6.07, 6.45) is -3.62. The van der Waals surface area contributed by atoms with E-state index in [1.165, 1.54) is 18.0 Å². The number of aromatic nitrogens is 2. The van der Waals surface area contributed by atoms with Crippen LogP contribution in [-0.4, -0.2) is 41.9 Å². The van der Waals surface area contributed by atoms with Crippen LogP contribution in [0.1, 0.15) is 36.8 Å². The molecule has 0 aliphatic carbocycles. The van der Waals surface area contributed by atoms with E-state index in [9.17, 15) is 18.0 Å². The maximum Gasteiger partial charge on any atom is 0.403 e. The van der Waals surface area contributed by atoms with Crippen molar-refractivity contribution in [2.24, 2.45) is 5.41 Å². The third-order valence-electron chi connectivity index (χ3n) is 3.82. The summed E-state index contributed by atoms with van der Waals surface area (Å²) in [5, 5.41) is 6.61. The van der Waals surface area contributed by atoms with E-state index in [1.54, 1.807) is 13.8 Å². The predicted molar refractivity (Wildman–Crippen MR) is 69.5 cm³/mol. The van der Waals surface area contributed by atoms with Gasteiger partial charge in [-0.2, -0.15) is 18.3 Å². The smallest absolute Gasteiger partial charge is 0.403 e. The molecule has 118 valence electrons. The van der Waals surface area contributed by atoms with Crippen molar-refractivity contribution >= 4 is 5.78 Å². The molecule has 8 heteroatoms. The van der Waals surface area contributed by atoms with Gasteiger partial charge in [-0.3, -0.25) is 9.48 Å². The number of ether oxygens (including phenoxy) is 1. The van der Waals surface area contributed by atoms with Crippen molar-refractivity contribution in [3.8, 4) is 5.75 Å². The number of hydrogen-bond donors (Lipinski definition) is 1. The van der Waals surface area contributed by atoms with Crippen molar-refractivity contribution in [2.45, 2.75) is 32.5 Å². The number of nitrogens with zero attached hydrogens (tertiary/aromatic N) is 2. The molecule has 1 N–H and O–H groups in total. The number of Topliss-reactive ketones (excluding diaryl/α,β-unsaturated/α-hetero) is 1. The van der Waals surface area contributed by atoms with Gasteiger partial charge in [-0.15, -0.1) is 0 Å². The van der Waals surface area contributed by atoms with Gasteiger partial charge in [0.25, 0.3) is 0 Å². The van der Waals surface area contributed by atoms with Gasteiger partial charge >= 0.3 is 6.18 Å². The molecule has 5 nitrogen and oxygen atoms in total. The third-order valence-corrected chi connectivity index (χ3v) is 3.82. The first-order chi connectivity index (χ1) is 9.74. The molecule has 1 atom stereocenters. The Bertz CT molecular complexity index is 531. The van der Waals surface area contributed by atoms with E-state index in [4.69, 9.17) is 4.74 Å². The predicted octanol–water partition coefficient (Wildman–Crippen LogP) is 2.20. The first-order valence-corrected chi connectivity index (χ1v) is 6.68. The molecule has 0 bridgehead atoms. The summed E-state index contributed by atoms with van der Waals surface area (Å²) in [6, 6.07) is -0.243. The summed E-state index contributed by atoms with van der Waals surface area (Å²) >= 11 is 0. The Hall–Kier alpha value is -1.57. The minimum atomic E-state index is -4.62. The van der Waals surface area contributed by atoms with E-state index in [1.807, 2.05) is 0 Å². The Morgan fingerprint density at radius 2 is 2.19 bits per heavy atom. The Kier molecular flexibility index (Phi) is 4.01. The summed E-state index contributed by atoms with van der Waals surface area (Å²) in [7, 11) is 1.31. The van der Waals surface area contributed by atoms with Crippen LogP contribution in [0.2, 0.25) is 0 Å². The Morgan fingerprint density at radius 3 is 2.62 bits per heavy atom. The molecule has 1 aliphatic heterocycles. The van der Waals surface area contributed by atoms with E-state index in [0.717, 1.165) is 0 Å². The molecule has 21 heavy (non-hydrogen) atoms. The van der Waals surface area contributed by atoms with Crippen molar-refractivity contribution in [2.75, 3.05) is 20.2 Å². The average Bonchev–Trinajstić information content (AvgIpc) is 3.04. The molecule has 1 unspecified atom stereocenters. The monoisotopic (exact) mass is 305 g/mol. The van der Waals surface area contributed by atoms with E-state index < -0.39 is 23.9 Å². The molecule has 0 amide bonds. The van der Waals surface area contributed by atoms with Crippen LogP contribution in [0.25, 0.3) is 0 Å². The zero-order chi connectivity index (χ0) is 15.8. The van der Waals surface area contributed by atoms with E-state index in [0.29, 0.717) is 0 Å². The highest BCUT2D eigenvalue weighted by atomic mass is 19.4. The van der Waals surface area contributed by atoms with Gasteiger partial charge in [-0.1, -0.05) is 0 Å². The van der Waals surface area contributed by atoms with Gasteiger partial charge < -0.3 is 10.1 Å². The lowest BCUT2D eigenvalue weighted by Gasteiger charge is -2.29. The van der Waals surface area contributed by atoms with E-state index in [2.05, 4.69) is 10.4 Å². The lowest BCUT2D eigenvalue weighted by atomic mass is 9.80. The molecule has 2 heterocycles. The largest absolute Gasteiger partial charge is 0.493 e. The molecule has 0 aromatic carbocycles. The fourth-order valence-corrected chi connectivity index (χ4v) is 2.59. The van der Waals surface area contributed by atoms with Crippen LogP contribution < -0.4 is 10.1 Å².